The number of pyridine rings is 1. The van der Waals surface area contributed by atoms with Crippen LogP contribution in [-0.2, 0) is 4.74 Å². The van der Waals surface area contributed by atoms with E-state index in [9.17, 15) is 8.78 Å². The number of morpholine rings is 1. The molecule has 0 saturated carbocycles. The number of rotatable bonds is 3. The van der Waals surface area contributed by atoms with Gasteiger partial charge in [-0.3, -0.25) is 9.88 Å². The van der Waals surface area contributed by atoms with Crippen LogP contribution in [0.3, 0.4) is 0 Å². The molecule has 0 aliphatic carbocycles. The summed E-state index contributed by atoms with van der Waals surface area (Å²) in [7, 11) is 0. The SMILES string of the molecule is Fc1cc(F)c2nccc(N3CCCC(CN4CCOCC4)C3)c2c1. The second-order valence-electron chi connectivity index (χ2n) is 6.98. The first kappa shape index (κ1) is 16.7. The van der Waals surface area contributed by atoms with Gasteiger partial charge in [0.05, 0.1) is 13.2 Å². The largest absolute Gasteiger partial charge is 0.379 e. The second-order valence-corrected chi connectivity index (χ2v) is 6.98. The van der Waals surface area contributed by atoms with E-state index in [0.717, 1.165) is 64.1 Å². The Morgan fingerprint density at radius 1 is 1.16 bits per heavy atom. The summed E-state index contributed by atoms with van der Waals surface area (Å²) in [5.41, 5.74) is 1.13. The maximum atomic E-state index is 14.0. The Balaban J connectivity index is 1.56. The van der Waals surface area contributed by atoms with Crippen molar-refractivity contribution in [1.82, 2.24) is 9.88 Å². The molecule has 1 aromatic carbocycles. The molecule has 2 aliphatic heterocycles. The molecule has 134 valence electrons. The zero-order chi connectivity index (χ0) is 17.2. The molecule has 0 N–H and O–H groups in total. The molecule has 6 heteroatoms. The Morgan fingerprint density at radius 2 is 2.00 bits per heavy atom. The van der Waals surface area contributed by atoms with Gasteiger partial charge in [0, 0.05) is 56.1 Å². The number of anilines is 1. The van der Waals surface area contributed by atoms with Gasteiger partial charge in [0.1, 0.15) is 11.3 Å². The number of aromatic nitrogens is 1. The first-order chi connectivity index (χ1) is 12.2. The van der Waals surface area contributed by atoms with Crippen LogP contribution in [0.15, 0.2) is 24.4 Å². The highest BCUT2D eigenvalue weighted by Gasteiger charge is 2.24. The van der Waals surface area contributed by atoms with E-state index in [1.807, 2.05) is 6.07 Å². The Morgan fingerprint density at radius 3 is 2.84 bits per heavy atom. The maximum absolute atomic E-state index is 14.0. The third-order valence-corrected chi connectivity index (χ3v) is 5.22. The smallest absolute Gasteiger partial charge is 0.152 e. The number of hydrogen-bond donors (Lipinski definition) is 0. The van der Waals surface area contributed by atoms with Crippen LogP contribution in [0.5, 0.6) is 0 Å². The average Bonchev–Trinajstić information content (AvgIpc) is 2.62. The minimum absolute atomic E-state index is 0.245. The number of halogens is 2. The lowest BCUT2D eigenvalue weighted by molar-refractivity contribution is 0.0296. The van der Waals surface area contributed by atoms with Gasteiger partial charge in [-0.25, -0.2) is 8.78 Å². The van der Waals surface area contributed by atoms with Crippen molar-refractivity contribution in [2.24, 2.45) is 5.92 Å². The topological polar surface area (TPSA) is 28.6 Å². The molecule has 0 radical (unpaired) electrons. The van der Waals surface area contributed by atoms with E-state index in [1.165, 1.54) is 12.5 Å². The summed E-state index contributed by atoms with van der Waals surface area (Å²) in [4.78, 5) is 8.82. The molecule has 0 spiro atoms. The lowest BCUT2D eigenvalue weighted by Gasteiger charge is -2.38. The fourth-order valence-electron chi connectivity index (χ4n) is 4.02. The Bertz CT molecular complexity index is 749. The normalized spacial score (nSPS) is 22.5. The predicted molar refractivity (Wildman–Crippen MR) is 93.9 cm³/mol. The van der Waals surface area contributed by atoms with Gasteiger partial charge in [-0.2, -0.15) is 0 Å². The van der Waals surface area contributed by atoms with E-state index in [0.29, 0.717) is 11.3 Å². The number of fused-ring (bicyclic) bond motifs is 1. The van der Waals surface area contributed by atoms with Crippen molar-refractivity contribution < 1.29 is 13.5 Å². The van der Waals surface area contributed by atoms with Crippen molar-refractivity contribution in [2.75, 3.05) is 50.8 Å². The van der Waals surface area contributed by atoms with Crippen molar-refractivity contribution in [3.63, 3.8) is 0 Å². The van der Waals surface area contributed by atoms with Crippen LogP contribution in [0.2, 0.25) is 0 Å². The average molecular weight is 347 g/mol. The molecule has 2 aromatic rings. The Kier molecular flexibility index (Phi) is 4.81. The highest BCUT2D eigenvalue weighted by atomic mass is 19.1. The van der Waals surface area contributed by atoms with Crippen molar-refractivity contribution >= 4 is 16.6 Å². The van der Waals surface area contributed by atoms with Gasteiger partial charge >= 0.3 is 0 Å². The molecule has 3 heterocycles. The monoisotopic (exact) mass is 347 g/mol. The fourth-order valence-corrected chi connectivity index (χ4v) is 4.02. The number of benzene rings is 1. The first-order valence-electron chi connectivity index (χ1n) is 8.99. The molecule has 2 aliphatic rings. The van der Waals surface area contributed by atoms with E-state index in [4.69, 9.17) is 4.74 Å². The van der Waals surface area contributed by atoms with E-state index in [1.54, 1.807) is 6.20 Å². The summed E-state index contributed by atoms with van der Waals surface area (Å²) in [5.74, 6) is -0.590. The van der Waals surface area contributed by atoms with Crippen LogP contribution in [0.1, 0.15) is 12.8 Å². The molecule has 25 heavy (non-hydrogen) atoms. The predicted octanol–water partition coefficient (Wildman–Crippen LogP) is 3.06. The van der Waals surface area contributed by atoms with E-state index < -0.39 is 11.6 Å². The molecule has 0 amide bonds. The number of hydrogen-bond acceptors (Lipinski definition) is 4. The van der Waals surface area contributed by atoms with Gasteiger partial charge in [0.2, 0.25) is 0 Å². The molecule has 1 aromatic heterocycles. The van der Waals surface area contributed by atoms with Crippen LogP contribution in [-0.4, -0.2) is 55.8 Å². The third-order valence-electron chi connectivity index (χ3n) is 5.22. The number of piperidine rings is 1. The molecule has 0 bridgehead atoms. The molecule has 4 rings (SSSR count). The maximum Gasteiger partial charge on any atom is 0.152 e. The van der Waals surface area contributed by atoms with Crippen molar-refractivity contribution in [2.45, 2.75) is 12.8 Å². The molecular formula is C19H23F2N3O. The lowest BCUT2D eigenvalue weighted by Crippen LogP contribution is -2.44. The molecule has 2 saturated heterocycles. The highest BCUT2D eigenvalue weighted by Crippen LogP contribution is 2.31. The summed E-state index contributed by atoms with van der Waals surface area (Å²) in [6.45, 7) is 6.49. The van der Waals surface area contributed by atoms with Crippen LogP contribution in [0, 0.1) is 17.6 Å². The quantitative estimate of drug-likeness (QED) is 0.853. The molecule has 1 atom stereocenters. The summed E-state index contributed by atoms with van der Waals surface area (Å²) in [5, 5.41) is 0.562. The van der Waals surface area contributed by atoms with E-state index in [-0.39, 0.29) is 5.52 Å². The third kappa shape index (κ3) is 3.60. The van der Waals surface area contributed by atoms with Crippen molar-refractivity contribution in [3.05, 3.63) is 36.0 Å². The lowest BCUT2D eigenvalue weighted by atomic mass is 9.96. The minimum atomic E-state index is -0.598. The summed E-state index contributed by atoms with van der Waals surface area (Å²) < 4.78 is 33.2. The Hall–Kier alpha value is -1.79. The Labute approximate surface area is 146 Å². The first-order valence-corrected chi connectivity index (χ1v) is 8.99. The van der Waals surface area contributed by atoms with Gasteiger partial charge in [0.25, 0.3) is 0 Å². The van der Waals surface area contributed by atoms with Crippen LogP contribution in [0.25, 0.3) is 10.9 Å². The zero-order valence-electron chi connectivity index (χ0n) is 14.3. The molecular weight excluding hydrogens is 324 g/mol. The van der Waals surface area contributed by atoms with E-state index >= 15 is 0 Å². The van der Waals surface area contributed by atoms with Gasteiger partial charge in [-0.15, -0.1) is 0 Å². The van der Waals surface area contributed by atoms with Gasteiger partial charge < -0.3 is 9.64 Å². The zero-order valence-corrected chi connectivity index (χ0v) is 14.3. The number of nitrogens with zero attached hydrogens (tertiary/aromatic N) is 3. The molecule has 2 fully saturated rings. The van der Waals surface area contributed by atoms with E-state index in [2.05, 4.69) is 14.8 Å². The van der Waals surface area contributed by atoms with Gasteiger partial charge in [-0.1, -0.05) is 0 Å². The van der Waals surface area contributed by atoms with Gasteiger partial charge in [-0.05, 0) is 30.9 Å². The standard InChI is InChI=1S/C19H23F2N3O/c20-15-10-16-18(3-4-22-19(16)17(21)11-15)24-5-1-2-14(13-24)12-23-6-8-25-9-7-23/h3-4,10-11,14H,1-2,5-9,12-13H2. The highest BCUT2D eigenvalue weighted by molar-refractivity contribution is 5.92. The fraction of sp³-hybridized carbons (Fsp3) is 0.526. The minimum Gasteiger partial charge on any atom is -0.379 e. The summed E-state index contributed by atoms with van der Waals surface area (Å²) >= 11 is 0. The van der Waals surface area contributed by atoms with Crippen molar-refractivity contribution in [3.8, 4) is 0 Å². The van der Waals surface area contributed by atoms with Crippen molar-refractivity contribution in [1.29, 1.82) is 0 Å². The molecule has 4 nitrogen and oxygen atoms in total. The number of ether oxygens (including phenoxy) is 1. The van der Waals surface area contributed by atoms with Gasteiger partial charge in [0.15, 0.2) is 5.82 Å². The summed E-state index contributed by atoms with van der Waals surface area (Å²) in [6, 6.07) is 4.17. The van der Waals surface area contributed by atoms with Crippen LogP contribution < -0.4 is 4.90 Å². The molecule has 1 unspecified atom stereocenters. The van der Waals surface area contributed by atoms with Crippen LogP contribution in [0.4, 0.5) is 14.5 Å². The van der Waals surface area contributed by atoms with Crippen LogP contribution >= 0.6 is 0 Å². The second kappa shape index (κ2) is 7.22. The summed E-state index contributed by atoms with van der Waals surface area (Å²) in [6.07, 6.45) is 3.90.